The monoisotopic (exact) mass is 253 g/mol. The molecule has 18 heavy (non-hydrogen) atoms. The van der Waals surface area contributed by atoms with Crippen molar-refractivity contribution in [3.05, 3.63) is 24.3 Å². The number of hydrogen-bond acceptors (Lipinski definition) is 4. The Kier molecular flexibility index (Phi) is 5.95. The third-order valence-corrected chi connectivity index (χ3v) is 2.88. The van der Waals surface area contributed by atoms with Crippen LogP contribution in [0.25, 0.3) is 0 Å². The minimum absolute atomic E-state index is 0.292. The van der Waals surface area contributed by atoms with E-state index in [1.54, 1.807) is 14.0 Å². The van der Waals surface area contributed by atoms with Crippen molar-refractivity contribution < 1.29 is 14.6 Å². The average Bonchev–Trinajstić information content (AvgIpc) is 2.38. The first-order chi connectivity index (χ1) is 8.59. The molecule has 0 saturated carbocycles. The Hall–Kier alpha value is -1.26. The van der Waals surface area contributed by atoms with Gasteiger partial charge in [-0.3, -0.25) is 0 Å². The summed E-state index contributed by atoms with van der Waals surface area (Å²) in [6, 6.07) is 7.57. The predicted octanol–water partition coefficient (Wildman–Crippen LogP) is 1.95. The molecular weight excluding hydrogens is 230 g/mol. The van der Waals surface area contributed by atoms with Crippen molar-refractivity contribution in [3.63, 3.8) is 0 Å². The number of nitrogens with two attached hydrogens (primary N) is 1. The van der Waals surface area contributed by atoms with Crippen molar-refractivity contribution in [2.75, 3.05) is 20.3 Å². The van der Waals surface area contributed by atoms with Crippen LogP contribution >= 0.6 is 0 Å². The molecule has 0 heterocycles. The average molecular weight is 253 g/mol. The summed E-state index contributed by atoms with van der Waals surface area (Å²) in [7, 11) is 1.63. The van der Waals surface area contributed by atoms with Crippen LogP contribution in [-0.4, -0.2) is 31.0 Å². The molecule has 0 aliphatic rings. The van der Waals surface area contributed by atoms with E-state index in [1.165, 1.54) is 0 Å². The van der Waals surface area contributed by atoms with Gasteiger partial charge in [0.15, 0.2) is 11.5 Å². The van der Waals surface area contributed by atoms with Crippen molar-refractivity contribution in [3.8, 4) is 11.5 Å². The second kappa shape index (κ2) is 7.24. The SMILES string of the molecule is COc1ccccc1OCCCCC(C)(O)CN. The van der Waals surface area contributed by atoms with Gasteiger partial charge in [0.05, 0.1) is 19.3 Å². The van der Waals surface area contributed by atoms with Crippen molar-refractivity contribution >= 4 is 0 Å². The lowest BCUT2D eigenvalue weighted by molar-refractivity contribution is 0.0561. The number of ether oxygens (including phenoxy) is 2. The Labute approximate surface area is 109 Å². The molecule has 0 fully saturated rings. The summed E-state index contributed by atoms with van der Waals surface area (Å²) in [5, 5.41) is 9.74. The van der Waals surface area contributed by atoms with Crippen LogP contribution in [0, 0.1) is 0 Å². The van der Waals surface area contributed by atoms with Crippen molar-refractivity contribution in [1.82, 2.24) is 0 Å². The highest BCUT2D eigenvalue weighted by atomic mass is 16.5. The second-order valence-corrected chi connectivity index (χ2v) is 4.66. The molecule has 102 valence electrons. The number of aliphatic hydroxyl groups is 1. The first-order valence-electron chi connectivity index (χ1n) is 6.27. The molecule has 1 unspecified atom stereocenters. The van der Waals surface area contributed by atoms with Gasteiger partial charge in [-0.1, -0.05) is 12.1 Å². The summed E-state index contributed by atoms with van der Waals surface area (Å²) in [5.74, 6) is 1.50. The molecule has 1 aromatic carbocycles. The molecule has 0 aliphatic carbocycles. The number of hydrogen-bond donors (Lipinski definition) is 2. The van der Waals surface area contributed by atoms with Crippen LogP contribution in [0.4, 0.5) is 0 Å². The molecule has 0 aliphatic heterocycles. The van der Waals surface area contributed by atoms with Crippen molar-refractivity contribution in [2.45, 2.75) is 31.8 Å². The molecule has 4 nitrogen and oxygen atoms in total. The normalized spacial score (nSPS) is 14.0. The molecular formula is C14H23NO3. The number of unbranched alkanes of at least 4 members (excludes halogenated alkanes) is 1. The van der Waals surface area contributed by atoms with E-state index < -0.39 is 5.60 Å². The fourth-order valence-corrected chi connectivity index (χ4v) is 1.63. The number of rotatable bonds is 8. The highest BCUT2D eigenvalue weighted by Gasteiger charge is 2.16. The van der Waals surface area contributed by atoms with E-state index in [2.05, 4.69) is 0 Å². The Morgan fingerprint density at radius 1 is 1.22 bits per heavy atom. The summed E-state index contributed by atoms with van der Waals surface area (Å²) in [6.07, 6.45) is 2.46. The van der Waals surface area contributed by atoms with Crippen LogP contribution in [-0.2, 0) is 0 Å². The number of benzene rings is 1. The molecule has 0 radical (unpaired) electrons. The van der Waals surface area contributed by atoms with Gasteiger partial charge < -0.3 is 20.3 Å². The summed E-state index contributed by atoms with van der Waals surface area (Å²) in [6.45, 7) is 2.66. The van der Waals surface area contributed by atoms with Gasteiger partial charge in [-0.05, 0) is 38.3 Å². The maximum absolute atomic E-state index is 9.74. The highest BCUT2D eigenvalue weighted by Crippen LogP contribution is 2.26. The van der Waals surface area contributed by atoms with Crippen LogP contribution in [0.5, 0.6) is 11.5 Å². The summed E-state index contributed by atoms with van der Waals surface area (Å²) in [5.41, 5.74) is 4.69. The summed E-state index contributed by atoms with van der Waals surface area (Å²) < 4.78 is 10.8. The predicted molar refractivity (Wildman–Crippen MR) is 72.0 cm³/mol. The number of para-hydroxylation sites is 2. The maximum atomic E-state index is 9.74. The lowest BCUT2D eigenvalue weighted by Crippen LogP contribution is -2.33. The minimum Gasteiger partial charge on any atom is -0.493 e. The minimum atomic E-state index is -0.759. The molecule has 0 amide bonds. The van der Waals surface area contributed by atoms with E-state index in [9.17, 15) is 5.11 Å². The van der Waals surface area contributed by atoms with Crippen LogP contribution in [0.2, 0.25) is 0 Å². The molecule has 0 bridgehead atoms. The van der Waals surface area contributed by atoms with E-state index in [0.717, 1.165) is 24.3 Å². The fourth-order valence-electron chi connectivity index (χ4n) is 1.63. The van der Waals surface area contributed by atoms with Gasteiger partial charge in [0.25, 0.3) is 0 Å². The van der Waals surface area contributed by atoms with Gasteiger partial charge in [-0.25, -0.2) is 0 Å². The smallest absolute Gasteiger partial charge is 0.161 e. The lowest BCUT2D eigenvalue weighted by Gasteiger charge is -2.20. The standard InChI is InChI=1S/C14H23NO3/c1-14(16,11-15)9-5-6-10-18-13-8-4-3-7-12(13)17-2/h3-4,7-8,16H,5-6,9-11,15H2,1-2H3. The van der Waals surface area contributed by atoms with Gasteiger partial charge in [0.2, 0.25) is 0 Å². The van der Waals surface area contributed by atoms with Crippen molar-refractivity contribution in [1.29, 1.82) is 0 Å². The van der Waals surface area contributed by atoms with E-state index in [0.29, 0.717) is 19.6 Å². The summed E-state index contributed by atoms with van der Waals surface area (Å²) in [4.78, 5) is 0. The molecule has 1 rings (SSSR count). The Bertz CT molecular complexity index is 353. The molecule has 1 aromatic rings. The van der Waals surface area contributed by atoms with Gasteiger partial charge in [-0.2, -0.15) is 0 Å². The lowest BCUT2D eigenvalue weighted by atomic mass is 10.00. The first kappa shape index (κ1) is 14.8. The van der Waals surface area contributed by atoms with Crippen molar-refractivity contribution in [2.24, 2.45) is 5.73 Å². The summed E-state index contributed by atoms with van der Waals surface area (Å²) >= 11 is 0. The Balaban J connectivity index is 2.26. The molecule has 4 heteroatoms. The second-order valence-electron chi connectivity index (χ2n) is 4.66. The van der Waals surface area contributed by atoms with E-state index in [-0.39, 0.29) is 0 Å². The van der Waals surface area contributed by atoms with Gasteiger partial charge in [0, 0.05) is 6.54 Å². The topological polar surface area (TPSA) is 64.7 Å². The Morgan fingerprint density at radius 3 is 2.50 bits per heavy atom. The largest absolute Gasteiger partial charge is 0.493 e. The molecule has 1 atom stereocenters. The zero-order valence-electron chi connectivity index (χ0n) is 11.2. The molecule has 0 spiro atoms. The molecule has 0 saturated heterocycles. The third kappa shape index (κ3) is 4.94. The van der Waals surface area contributed by atoms with E-state index >= 15 is 0 Å². The maximum Gasteiger partial charge on any atom is 0.161 e. The highest BCUT2D eigenvalue weighted by molar-refractivity contribution is 5.39. The zero-order chi connectivity index (χ0) is 13.4. The zero-order valence-corrected chi connectivity index (χ0v) is 11.2. The van der Waals surface area contributed by atoms with E-state index in [4.69, 9.17) is 15.2 Å². The van der Waals surface area contributed by atoms with Crippen LogP contribution in [0.1, 0.15) is 26.2 Å². The van der Waals surface area contributed by atoms with Crippen LogP contribution < -0.4 is 15.2 Å². The first-order valence-corrected chi connectivity index (χ1v) is 6.27. The third-order valence-electron chi connectivity index (χ3n) is 2.88. The molecule has 3 N–H and O–H groups in total. The van der Waals surface area contributed by atoms with E-state index in [1.807, 2.05) is 24.3 Å². The molecule has 0 aromatic heterocycles. The quantitative estimate of drug-likeness (QED) is 0.695. The van der Waals surface area contributed by atoms with Gasteiger partial charge >= 0.3 is 0 Å². The van der Waals surface area contributed by atoms with Crippen LogP contribution in [0.3, 0.4) is 0 Å². The van der Waals surface area contributed by atoms with Crippen LogP contribution in [0.15, 0.2) is 24.3 Å². The number of methoxy groups -OCH3 is 1. The fraction of sp³-hybridized carbons (Fsp3) is 0.571. The Morgan fingerprint density at radius 2 is 1.89 bits per heavy atom. The van der Waals surface area contributed by atoms with Gasteiger partial charge in [0.1, 0.15) is 0 Å². The van der Waals surface area contributed by atoms with Gasteiger partial charge in [-0.15, -0.1) is 0 Å².